The van der Waals surface area contributed by atoms with Crippen LogP contribution in [0.5, 0.6) is 11.5 Å². The van der Waals surface area contributed by atoms with Crippen LogP contribution in [-0.2, 0) is 11.3 Å². The van der Waals surface area contributed by atoms with Crippen molar-refractivity contribution in [3.05, 3.63) is 51.4 Å². The molecular weight excluding hydrogens is 531 g/mol. The van der Waals surface area contributed by atoms with E-state index in [4.69, 9.17) is 38.4 Å². The molecule has 2 N–H and O–H groups in total. The molecule has 1 amide bonds. The molecule has 0 aliphatic carbocycles. The molecule has 3 aromatic rings. The number of nitrogens with two attached hydrogens (primary N) is 1. The molecule has 1 aliphatic heterocycles. The Bertz CT molecular complexity index is 1410. The second-order valence-electron chi connectivity index (χ2n) is 9.05. The van der Waals surface area contributed by atoms with E-state index in [2.05, 4.69) is 21.4 Å². The topological polar surface area (TPSA) is 116 Å². The fourth-order valence-electron chi connectivity index (χ4n) is 4.78. The smallest absolute Gasteiger partial charge is 0.260 e. The minimum atomic E-state index is -0.338. The number of anilines is 1. The molecule has 0 radical (unpaired) electrons. The van der Waals surface area contributed by atoms with Gasteiger partial charge >= 0.3 is 0 Å². The summed E-state index contributed by atoms with van der Waals surface area (Å²) in [5.41, 5.74) is 6.51. The van der Waals surface area contributed by atoms with Crippen LogP contribution in [0.25, 0.3) is 22.2 Å². The molecule has 4 rings (SSSR count). The molecule has 10 nitrogen and oxygen atoms in total. The van der Waals surface area contributed by atoms with Gasteiger partial charge in [-0.3, -0.25) is 14.2 Å². The zero-order valence-corrected chi connectivity index (χ0v) is 23.1. The minimum Gasteiger partial charge on any atom is -0.495 e. The molecule has 0 spiro atoms. The zero-order valence-electron chi connectivity index (χ0n) is 21.5. The van der Waals surface area contributed by atoms with Crippen molar-refractivity contribution in [1.82, 2.24) is 24.3 Å². The largest absolute Gasteiger partial charge is 0.495 e. The maximum atomic E-state index is 13.9. The molecule has 1 aromatic carbocycles. The monoisotopic (exact) mass is 560 g/mol. The highest BCUT2D eigenvalue weighted by Crippen LogP contribution is 2.45. The van der Waals surface area contributed by atoms with Crippen molar-refractivity contribution in [2.75, 3.05) is 46.6 Å². The summed E-state index contributed by atoms with van der Waals surface area (Å²) in [6.45, 7) is 5.79. The number of carbonyl (C=O) groups excluding carboxylic acids is 1. The van der Waals surface area contributed by atoms with Crippen molar-refractivity contribution in [2.24, 2.45) is 0 Å². The van der Waals surface area contributed by atoms with E-state index in [1.54, 1.807) is 27.8 Å². The highest BCUT2D eigenvalue weighted by atomic mass is 35.5. The van der Waals surface area contributed by atoms with Gasteiger partial charge in [-0.25, -0.2) is 4.98 Å². The second kappa shape index (κ2) is 11.6. The molecule has 0 unspecified atom stereocenters. The third-order valence-corrected chi connectivity index (χ3v) is 7.69. The third kappa shape index (κ3) is 5.29. The number of nitrogen functional groups attached to an aromatic ring is 1. The molecular formula is C26H30Cl2N6O4. The van der Waals surface area contributed by atoms with Gasteiger partial charge in [0.05, 0.1) is 29.8 Å². The number of hydrogen-bond donors (Lipinski definition) is 1. The standard InChI is InChI=1S/C26H30Cl2N6O4/c1-5-20(35)33-8-6-16(7-9-33)32(2)10-11-34-24-15(14-30-26(29)31-24)12-17(25(34)36)21-22(27)18(37-3)13-19(38-4)23(21)28/h5,12-14,16H,1,6-11H2,2-4H3,(H2,29,30,31). The Morgan fingerprint density at radius 1 is 1.21 bits per heavy atom. The lowest BCUT2D eigenvalue weighted by Gasteiger charge is -2.36. The van der Waals surface area contributed by atoms with Gasteiger partial charge in [-0.1, -0.05) is 29.8 Å². The van der Waals surface area contributed by atoms with Crippen molar-refractivity contribution in [1.29, 1.82) is 0 Å². The molecule has 0 bridgehead atoms. The first-order chi connectivity index (χ1) is 18.2. The number of piperidine rings is 1. The Morgan fingerprint density at radius 2 is 1.84 bits per heavy atom. The fraction of sp³-hybridized carbons (Fsp3) is 0.385. The summed E-state index contributed by atoms with van der Waals surface area (Å²) >= 11 is 13.3. The number of pyridine rings is 1. The van der Waals surface area contributed by atoms with Crippen LogP contribution in [0.15, 0.2) is 35.8 Å². The van der Waals surface area contributed by atoms with Gasteiger partial charge in [0.25, 0.3) is 5.56 Å². The van der Waals surface area contributed by atoms with Gasteiger partial charge < -0.3 is 25.0 Å². The third-order valence-electron chi connectivity index (χ3n) is 6.94. The van der Waals surface area contributed by atoms with Crippen molar-refractivity contribution >= 4 is 46.1 Å². The van der Waals surface area contributed by atoms with Crippen molar-refractivity contribution in [3.63, 3.8) is 0 Å². The van der Waals surface area contributed by atoms with E-state index in [-0.39, 0.29) is 39.1 Å². The van der Waals surface area contributed by atoms with Crippen molar-refractivity contribution < 1.29 is 14.3 Å². The summed E-state index contributed by atoms with van der Waals surface area (Å²) in [6.07, 6.45) is 4.57. The number of likely N-dealkylation sites (N-methyl/N-ethyl adjacent to an activating group) is 1. The van der Waals surface area contributed by atoms with Gasteiger partial charge in [-0.2, -0.15) is 4.98 Å². The molecule has 2 aromatic heterocycles. The summed E-state index contributed by atoms with van der Waals surface area (Å²) in [6, 6.07) is 3.48. The average molecular weight is 561 g/mol. The number of aromatic nitrogens is 3. The van der Waals surface area contributed by atoms with Gasteiger partial charge in [-0.05, 0) is 32.0 Å². The lowest BCUT2D eigenvalue weighted by Crippen LogP contribution is -2.46. The number of benzene rings is 1. The number of likely N-dealkylation sites (tertiary alicyclic amines) is 1. The van der Waals surface area contributed by atoms with Crippen LogP contribution in [0.4, 0.5) is 5.95 Å². The summed E-state index contributed by atoms with van der Waals surface area (Å²) in [7, 11) is 4.96. The maximum absolute atomic E-state index is 13.9. The molecule has 12 heteroatoms. The Labute approximate surface area is 230 Å². The number of fused-ring (bicyclic) bond motifs is 1. The van der Waals surface area contributed by atoms with Gasteiger partial charge in [0.2, 0.25) is 11.9 Å². The van der Waals surface area contributed by atoms with Crippen LogP contribution in [0, 0.1) is 0 Å². The number of rotatable bonds is 8. The van der Waals surface area contributed by atoms with Crippen LogP contribution in [0.2, 0.25) is 10.0 Å². The molecule has 202 valence electrons. The Kier molecular flexibility index (Phi) is 8.44. The van der Waals surface area contributed by atoms with Gasteiger partial charge in [0, 0.05) is 55.4 Å². The highest BCUT2D eigenvalue weighted by Gasteiger charge is 2.26. The number of carbonyl (C=O) groups is 1. The SMILES string of the molecule is C=CC(=O)N1CCC(N(C)CCn2c(=O)c(-c3c(Cl)c(OC)cc(OC)c3Cl)cc3cnc(N)nc32)CC1. The first-order valence-corrected chi connectivity index (χ1v) is 12.8. The number of methoxy groups -OCH3 is 2. The Morgan fingerprint density at radius 3 is 2.42 bits per heavy atom. The average Bonchev–Trinajstić information content (AvgIpc) is 2.92. The quantitative estimate of drug-likeness (QED) is 0.416. The van der Waals surface area contributed by atoms with Crippen molar-refractivity contribution in [3.8, 4) is 22.6 Å². The van der Waals surface area contributed by atoms with E-state index in [1.165, 1.54) is 20.3 Å². The molecule has 38 heavy (non-hydrogen) atoms. The highest BCUT2D eigenvalue weighted by molar-refractivity contribution is 6.41. The number of ether oxygens (including phenoxy) is 2. The predicted octanol–water partition coefficient (Wildman–Crippen LogP) is 3.47. The molecule has 1 aliphatic rings. The normalized spacial score (nSPS) is 14.2. The Hall–Kier alpha value is -3.34. The van der Waals surface area contributed by atoms with E-state index in [9.17, 15) is 9.59 Å². The molecule has 1 fully saturated rings. The number of hydrogen-bond acceptors (Lipinski definition) is 8. The number of halogens is 2. The van der Waals surface area contributed by atoms with E-state index < -0.39 is 0 Å². The van der Waals surface area contributed by atoms with Crippen LogP contribution in [0.3, 0.4) is 0 Å². The van der Waals surface area contributed by atoms with Crippen LogP contribution in [-0.4, -0.2) is 77.2 Å². The first kappa shape index (κ1) is 27.7. The molecule has 3 heterocycles. The number of amides is 1. The number of nitrogens with zero attached hydrogens (tertiary/aromatic N) is 5. The van der Waals surface area contributed by atoms with Gasteiger partial charge in [-0.15, -0.1) is 0 Å². The van der Waals surface area contributed by atoms with Gasteiger partial charge in [0.15, 0.2) is 0 Å². The predicted molar refractivity (Wildman–Crippen MR) is 149 cm³/mol. The van der Waals surface area contributed by atoms with E-state index in [1.807, 2.05) is 7.05 Å². The zero-order chi connectivity index (χ0) is 27.6. The van der Waals surface area contributed by atoms with Crippen LogP contribution in [0.1, 0.15) is 12.8 Å². The first-order valence-electron chi connectivity index (χ1n) is 12.1. The summed E-state index contributed by atoms with van der Waals surface area (Å²) < 4.78 is 12.4. The van der Waals surface area contributed by atoms with Gasteiger partial charge in [0.1, 0.15) is 17.1 Å². The Balaban J connectivity index is 1.72. The molecule has 1 saturated heterocycles. The lowest BCUT2D eigenvalue weighted by atomic mass is 10.0. The minimum absolute atomic E-state index is 0.0512. The van der Waals surface area contributed by atoms with E-state index in [0.29, 0.717) is 54.3 Å². The van der Waals surface area contributed by atoms with E-state index >= 15 is 0 Å². The molecule has 0 atom stereocenters. The fourth-order valence-corrected chi connectivity index (χ4v) is 5.48. The van der Waals surface area contributed by atoms with Crippen LogP contribution >= 0.6 is 23.2 Å². The maximum Gasteiger partial charge on any atom is 0.260 e. The van der Waals surface area contributed by atoms with E-state index in [0.717, 1.165) is 12.8 Å². The van der Waals surface area contributed by atoms with Crippen molar-refractivity contribution in [2.45, 2.75) is 25.4 Å². The summed E-state index contributed by atoms with van der Waals surface area (Å²) in [5, 5.41) is 0.979. The summed E-state index contributed by atoms with van der Waals surface area (Å²) in [4.78, 5) is 38.3. The summed E-state index contributed by atoms with van der Waals surface area (Å²) in [5.74, 6) is 0.655. The lowest BCUT2D eigenvalue weighted by molar-refractivity contribution is -0.127. The molecule has 0 saturated carbocycles. The second-order valence-corrected chi connectivity index (χ2v) is 9.80. The van der Waals surface area contributed by atoms with Crippen LogP contribution < -0.4 is 20.8 Å².